The summed E-state index contributed by atoms with van der Waals surface area (Å²) in [6, 6.07) is 0. The lowest BCUT2D eigenvalue weighted by molar-refractivity contribution is -0.226. The van der Waals surface area contributed by atoms with Gasteiger partial charge in [0.25, 0.3) is 0 Å². The molecule has 0 aromatic carbocycles. The molecule has 6 saturated carbocycles. The summed E-state index contributed by atoms with van der Waals surface area (Å²) in [4.78, 5) is 50.2. The summed E-state index contributed by atoms with van der Waals surface area (Å²) in [7, 11) is 0. The summed E-state index contributed by atoms with van der Waals surface area (Å²) < 4.78 is 55.7. The first kappa shape index (κ1) is 46.7. The third-order valence-corrected chi connectivity index (χ3v) is 18.1. The normalized spacial score (nSPS) is 51.3. The van der Waals surface area contributed by atoms with Crippen molar-refractivity contribution in [1.29, 1.82) is 0 Å². The number of ether oxygens (including phenoxy) is 4. The van der Waals surface area contributed by atoms with Gasteiger partial charge in [-0.15, -0.1) is 0 Å². The zero-order valence-corrected chi connectivity index (χ0v) is 37.4. The highest BCUT2D eigenvalue weighted by Crippen LogP contribution is 2.72. The molecule has 0 spiro atoms. The van der Waals surface area contributed by atoms with Gasteiger partial charge in [-0.3, -0.25) is 19.2 Å². The van der Waals surface area contributed by atoms with Crippen LogP contribution < -0.4 is 0 Å². The summed E-state index contributed by atoms with van der Waals surface area (Å²) >= 11 is 0. The number of carbonyl (C=O) groups is 4. The van der Waals surface area contributed by atoms with Crippen LogP contribution in [0, 0.1) is 57.2 Å². The van der Waals surface area contributed by atoms with E-state index in [1.165, 1.54) is 24.3 Å². The largest absolute Gasteiger partial charge is 0.412 e. The molecular weight excluding hydrogens is 823 g/mol. The molecule has 2 heterocycles. The van der Waals surface area contributed by atoms with Gasteiger partial charge in [0, 0.05) is 33.5 Å². The molecule has 18 unspecified atom stereocenters. The number of fused-ring (bicyclic) bond motifs is 14. The molecule has 2 saturated heterocycles. The Morgan fingerprint density at radius 1 is 0.635 bits per heavy atom. The van der Waals surface area contributed by atoms with Crippen molar-refractivity contribution in [3.8, 4) is 0 Å². The van der Waals surface area contributed by atoms with Crippen molar-refractivity contribution in [2.45, 2.75) is 153 Å². The fourth-order valence-corrected chi connectivity index (χ4v) is 16.1. The number of alkyl halides is 2. The van der Waals surface area contributed by atoms with Crippen LogP contribution in [-0.2, 0) is 38.1 Å². The Kier molecular flexibility index (Phi) is 10.8. The molecule has 18 atom stereocenters. The zero-order chi connectivity index (χ0) is 45.1. The van der Waals surface area contributed by atoms with Gasteiger partial charge in [-0.05, 0) is 125 Å². The molecule has 10 rings (SSSR count). The second-order valence-corrected chi connectivity index (χ2v) is 21.9. The molecule has 8 fully saturated rings. The maximum atomic E-state index is 15.4. The second-order valence-electron chi connectivity index (χ2n) is 21.9. The Labute approximate surface area is 366 Å². The van der Waals surface area contributed by atoms with E-state index in [2.05, 4.69) is 0 Å². The number of halogens is 2. The van der Waals surface area contributed by atoms with Crippen molar-refractivity contribution in [1.82, 2.24) is 0 Å². The Balaban J connectivity index is 0.000000170. The Hall–Kier alpha value is -2.86. The monoisotopic (exact) mass is 886 g/mol. The first-order valence-electron chi connectivity index (χ1n) is 22.4. The first-order valence-corrected chi connectivity index (χ1v) is 22.4. The number of ketones is 4. The van der Waals surface area contributed by atoms with Gasteiger partial charge in [0.1, 0.15) is 25.6 Å². The zero-order valence-electron chi connectivity index (χ0n) is 37.4. The highest BCUT2D eigenvalue weighted by molar-refractivity contribution is 6.02. The van der Waals surface area contributed by atoms with Crippen LogP contribution in [0.4, 0.5) is 8.78 Å². The van der Waals surface area contributed by atoms with E-state index in [0.717, 1.165) is 0 Å². The SMILES string of the molecule is CC1(C)OC2CC3C4CC(F)C5=CC(=O)C=CC5(C)C4C(O)CC3(C)C2(C(=O)CO)O1.CC1(C)OC2CC3C4CC(F)C5=CC(=O)C=CC5(C)C4C(O)CC3(C)C2(C(=O)CO)O1.O. The van der Waals surface area contributed by atoms with E-state index in [-0.39, 0.29) is 78.2 Å². The Bertz CT molecular complexity index is 1970. The Morgan fingerprint density at radius 3 is 1.32 bits per heavy atom. The minimum atomic E-state index is -1.37. The molecule has 15 heteroatoms. The minimum Gasteiger partial charge on any atom is -0.412 e. The fourth-order valence-electron chi connectivity index (χ4n) is 16.1. The topological polar surface area (TPSA) is 218 Å². The maximum absolute atomic E-state index is 15.4. The average Bonchev–Trinajstić information content (AvgIpc) is 3.80. The lowest BCUT2D eigenvalue weighted by atomic mass is 9.46. The predicted molar refractivity (Wildman–Crippen MR) is 221 cm³/mol. The summed E-state index contributed by atoms with van der Waals surface area (Å²) in [5, 5.41) is 42.5. The molecule has 2 aliphatic heterocycles. The fraction of sp³-hybridized carbons (Fsp3) is 0.750. The second kappa shape index (κ2) is 14.6. The number of carbonyl (C=O) groups excluding carboxylic acids is 4. The molecule has 13 nitrogen and oxygen atoms in total. The van der Waals surface area contributed by atoms with Crippen molar-refractivity contribution in [2.24, 2.45) is 57.2 Å². The van der Waals surface area contributed by atoms with E-state index in [4.69, 9.17) is 18.9 Å². The molecule has 8 aliphatic carbocycles. The molecule has 0 radical (unpaired) electrons. The van der Waals surface area contributed by atoms with Gasteiger partial charge in [-0.2, -0.15) is 0 Å². The molecule has 10 aliphatic rings. The number of aliphatic hydroxyl groups is 4. The highest BCUT2D eigenvalue weighted by Gasteiger charge is 2.79. The van der Waals surface area contributed by atoms with Crippen molar-refractivity contribution in [3.63, 3.8) is 0 Å². The van der Waals surface area contributed by atoms with E-state index in [0.29, 0.717) is 24.0 Å². The smallest absolute Gasteiger partial charge is 0.193 e. The molecule has 63 heavy (non-hydrogen) atoms. The van der Waals surface area contributed by atoms with E-state index in [9.17, 15) is 39.6 Å². The van der Waals surface area contributed by atoms with Crippen LogP contribution in [0.15, 0.2) is 47.6 Å². The van der Waals surface area contributed by atoms with Crippen molar-refractivity contribution < 1.29 is 72.8 Å². The molecule has 0 aromatic heterocycles. The Morgan fingerprint density at radius 2 is 0.984 bits per heavy atom. The van der Waals surface area contributed by atoms with E-state index >= 15 is 8.78 Å². The molecule has 348 valence electrons. The highest BCUT2D eigenvalue weighted by atomic mass is 19.1. The lowest BCUT2D eigenvalue weighted by Crippen LogP contribution is -2.64. The van der Waals surface area contributed by atoms with Gasteiger partial charge < -0.3 is 44.8 Å². The third kappa shape index (κ3) is 6.02. The van der Waals surface area contributed by atoms with Crippen LogP contribution in [0.25, 0.3) is 0 Å². The summed E-state index contributed by atoms with van der Waals surface area (Å²) in [6.07, 6.45) is 5.79. The van der Waals surface area contributed by atoms with E-state index in [1.807, 2.05) is 27.7 Å². The van der Waals surface area contributed by atoms with Gasteiger partial charge in [0.15, 0.2) is 45.9 Å². The van der Waals surface area contributed by atoms with Crippen LogP contribution in [0.2, 0.25) is 0 Å². The number of hydrogen-bond donors (Lipinski definition) is 4. The van der Waals surface area contributed by atoms with Crippen LogP contribution in [0.5, 0.6) is 0 Å². The lowest BCUT2D eigenvalue weighted by Gasteiger charge is -2.60. The number of allylic oxidation sites excluding steroid dienone is 8. The van der Waals surface area contributed by atoms with Crippen molar-refractivity contribution in [2.75, 3.05) is 13.2 Å². The standard InChI is InChI=1S/2C24H31FO6.H2O/c2*1-21(2)30-19-9-14-13-8-16(25)15-7-12(27)5-6-22(15,3)20(13)17(28)10-23(14,4)24(19,31-21)18(29)11-26;/h2*5-7,13-14,16-17,19-20,26,28H,8-11H2,1-4H3;1H2. The summed E-state index contributed by atoms with van der Waals surface area (Å²) in [5.74, 6) is -4.55. The van der Waals surface area contributed by atoms with Gasteiger partial charge in [0.2, 0.25) is 0 Å². The van der Waals surface area contributed by atoms with Gasteiger partial charge in [-0.25, -0.2) is 8.78 Å². The van der Waals surface area contributed by atoms with E-state index in [1.54, 1.807) is 39.8 Å². The van der Waals surface area contributed by atoms with Crippen LogP contribution >= 0.6 is 0 Å². The summed E-state index contributed by atoms with van der Waals surface area (Å²) in [5.41, 5.74) is -5.00. The molecule has 0 bridgehead atoms. The number of hydrogen-bond acceptors (Lipinski definition) is 12. The predicted octanol–water partition coefficient (Wildman–Crippen LogP) is 3.72. The van der Waals surface area contributed by atoms with Gasteiger partial charge in [0.05, 0.1) is 24.4 Å². The third-order valence-electron chi connectivity index (χ3n) is 18.1. The van der Waals surface area contributed by atoms with Crippen LogP contribution in [-0.4, -0.2) is 122 Å². The van der Waals surface area contributed by atoms with E-state index < -0.39 is 106 Å². The van der Waals surface area contributed by atoms with Crippen LogP contribution in [0.1, 0.15) is 93.9 Å². The molecule has 6 N–H and O–H groups in total. The van der Waals surface area contributed by atoms with Crippen molar-refractivity contribution >= 4 is 23.1 Å². The molecule has 0 aromatic rings. The minimum absolute atomic E-state index is 0. The van der Waals surface area contributed by atoms with Crippen LogP contribution in [0.3, 0.4) is 0 Å². The first-order chi connectivity index (χ1) is 28.8. The molecule has 0 amide bonds. The average molecular weight is 887 g/mol. The number of aliphatic hydroxyl groups excluding tert-OH is 4. The maximum Gasteiger partial charge on any atom is 0.193 e. The number of rotatable bonds is 4. The van der Waals surface area contributed by atoms with Crippen molar-refractivity contribution in [3.05, 3.63) is 47.6 Å². The quantitative estimate of drug-likeness (QED) is 0.318. The van der Waals surface area contributed by atoms with Gasteiger partial charge in [-0.1, -0.05) is 39.8 Å². The molecular formula is C48H64F2O13. The van der Waals surface area contributed by atoms with Gasteiger partial charge >= 0.3 is 0 Å². The summed E-state index contributed by atoms with van der Waals surface area (Å²) in [6.45, 7) is 13.3. The number of Topliss-reactive ketones (excluding diaryl/α,β-unsaturated/α-hetero) is 2.